The summed E-state index contributed by atoms with van der Waals surface area (Å²) in [5, 5.41) is 0. The van der Waals surface area contributed by atoms with Crippen molar-refractivity contribution in [3.8, 4) is 0 Å². The van der Waals surface area contributed by atoms with Gasteiger partial charge in [-0.2, -0.15) is 0 Å². The fourth-order valence-electron chi connectivity index (χ4n) is 0.897. The molecule has 0 atom stereocenters. The van der Waals surface area contributed by atoms with Crippen LogP contribution in [0, 0.1) is 6.92 Å². The second-order valence-corrected chi connectivity index (χ2v) is 6.35. The fraction of sp³-hybridized carbons (Fsp3) is 0.143. The third kappa shape index (κ3) is 2.75. The summed E-state index contributed by atoms with van der Waals surface area (Å²) in [6.07, 6.45) is 0. The number of benzene rings is 1. The molecule has 0 aliphatic rings. The molecule has 0 aliphatic heterocycles. The van der Waals surface area contributed by atoms with Crippen molar-refractivity contribution in [2.75, 3.05) is 5.73 Å². The molecule has 0 saturated heterocycles. The summed E-state index contributed by atoms with van der Waals surface area (Å²) in [6, 6.07) is 0.592. The van der Waals surface area contributed by atoms with Gasteiger partial charge in [0.25, 0.3) is 0 Å². The molecule has 0 fully saturated rings. The highest BCUT2D eigenvalue weighted by molar-refractivity contribution is 9.10. The third-order valence-corrected chi connectivity index (χ3v) is 3.75. The van der Waals surface area contributed by atoms with Crippen molar-refractivity contribution in [1.82, 2.24) is 0 Å². The van der Waals surface area contributed by atoms with E-state index in [1.54, 1.807) is 0 Å². The monoisotopic (exact) mass is 311 g/mol. The summed E-state index contributed by atoms with van der Waals surface area (Å²) in [5.74, 6) is 0. The number of anilines is 1. The normalized spacial score (nSPS) is 17.0. The van der Waals surface area contributed by atoms with Crippen LogP contribution in [-0.4, -0.2) is 0 Å². The first-order valence-electron chi connectivity index (χ1n) is 3.61. The van der Waals surface area contributed by atoms with Gasteiger partial charge < -0.3 is 5.73 Å². The number of hydrogen-bond acceptors (Lipinski definition) is 1. The second kappa shape index (κ2) is 2.60. The molecule has 1 aromatic carbocycles. The fourth-order valence-corrected chi connectivity index (χ4v) is 2.21. The van der Waals surface area contributed by atoms with Gasteiger partial charge in [0, 0.05) is 10.2 Å². The number of nitrogen functional groups attached to an aromatic ring is 1. The Morgan fingerprint density at radius 2 is 1.60 bits per heavy atom. The molecule has 0 radical (unpaired) electrons. The van der Waals surface area contributed by atoms with Crippen molar-refractivity contribution in [3.63, 3.8) is 0 Å². The maximum atomic E-state index is 12.4. The Hall–Kier alpha value is -0.500. The van der Waals surface area contributed by atoms with Gasteiger partial charge in [-0.25, -0.2) is 0 Å². The highest BCUT2D eigenvalue weighted by Gasteiger charge is 2.65. The van der Waals surface area contributed by atoms with Gasteiger partial charge in [-0.05, 0) is 24.6 Å². The average molecular weight is 312 g/mol. The van der Waals surface area contributed by atoms with Gasteiger partial charge >= 0.3 is 10.2 Å². The highest BCUT2D eigenvalue weighted by Crippen LogP contribution is 3.02. The van der Waals surface area contributed by atoms with Crippen molar-refractivity contribution < 1.29 is 19.4 Å². The lowest BCUT2D eigenvalue weighted by Crippen LogP contribution is -2.07. The van der Waals surface area contributed by atoms with E-state index in [1.807, 2.05) is 0 Å². The van der Waals surface area contributed by atoms with Crippen LogP contribution in [0.1, 0.15) is 5.56 Å². The van der Waals surface area contributed by atoms with Crippen LogP contribution in [0.15, 0.2) is 21.5 Å². The quantitative estimate of drug-likeness (QED) is 0.573. The number of hydrogen-bond donors (Lipinski definition) is 1. The lowest BCUT2D eigenvalue weighted by Gasteiger charge is -2.40. The topological polar surface area (TPSA) is 26.0 Å². The van der Waals surface area contributed by atoms with Crippen LogP contribution in [0.5, 0.6) is 0 Å². The number of halogens is 6. The largest absolute Gasteiger partial charge is 0.398 e. The molecular weight excluding hydrogens is 305 g/mol. The van der Waals surface area contributed by atoms with Crippen molar-refractivity contribution in [1.29, 1.82) is 0 Å². The molecule has 2 N–H and O–H groups in total. The lowest BCUT2D eigenvalue weighted by molar-refractivity contribution is 0.364. The molecule has 0 unspecified atom stereocenters. The van der Waals surface area contributed by atoms with E-state index < -0.39 is 15.1 Å². The molecule has 0 aliphatic carbocycles. The van der Waals surface area contributed by atoms with Gasteiger partial charge in [0.15, 0.2) is 0 Å². The van der Waals surface area contributed by atoms with Crippen LogP contribution < -0.4 is 5.73 Å². The summed E-state index contributed by atoms with van der Waals surface area (Å²) in [7, 11) is -9.63. The summed E-state index contributed by atoms with van der Waals surface area (Å²) in [4.78, 5) is -1.98. The first kappa shape index (κ1) is 12.6. The Labute approximate surface area is 91.3 Å². The van der Waals surface area contributed by atoms with E-state index in [2.05, 4.69) is 15.9 Å². The first-order chi connectivity index (χ1) is 6.31. The van der Waals surface area contributed by atoms with Crippen molar-refractivity contribution in [2.24, 2.45) is 0 Å². The molecule has 0 heterocycles. The molecule has 0 saturated carbocycles. The third-order valence-electron chi connectivity index (χ3n) is 1.80. The molecule has 15 heavy (non-hydrogen) atoms. The van der Waals surface area contributed by atoms with E-state index in [0.717, 1.165) is 0 Å². The predicted octanol–water partition coefficient (Wildman–Crippen LogP) is 5.00. The molecule has 88 valence electrons. The zero-order valence-electron chi connectivity index (χ0n) is 7.41. The van der Waals surface area contributed by atoms with Crippen LogP contribution >= 0.6 is 26.2 Å². The zero-order valence-corrected chi connectivity index (χ0v) is 9.81. The van der Waals surface area contributed by atoms with Crippen LogP contribution in [0.2, 0.25) is 0 Å². The van der Waals surface area contributed by atoms with Crippen LogP contribution in [0.3, 0.4) is 0 Å². The van der Waals surface area contributed by atoms with Crippen molar-refractivity contribution >= 4 is 31.8 Å². The highest BCUT2D eigenvalue weighted by atomic mass is 79.9. The van der Waals surface area contributed by atoms with Crippen LogP contribution in [-0.2, 0) is 0 Å². The van der Waals surface area contributed by atoms with Gasteiger partial charge in [-0.1, -0.05) is 35.4 Å². The summed E-state index contributed by atoms with van der Waals surface area (Å²) < 4.78 is 61.7. The van der Waals surface area contributed by atoms with Crippen molar-refractivity contribution in [2.45, 2.75) is 11.8 Å². The van der Waals surface area contributed by atoms with Gasteiger partial charge in [-0.3, -0.25) is 0 Å². The Kier molecular flexibility index (Phi) is 2.18. The molecule has 0 aromatic heterocycles. The molecule has 1 aromatic rings. The Morgan fingerprint density at radius 1 is 1.13 bits per heavy atom. The Bertz CT molecular complexity index is 403. The molecule has 0 bridgehead atoms. The van der Waals surface area contributed by atoms with E-state index in [-0.39, 0.29) is 16.2 Å². The Balaban J connectivity index is 3.58. The van der Waals surface area contributed by atoms with E-state index in [4.69, 9.17) is 5.73 Å². The standard InChI is InChI=1S/C7H7BrF5NS/c1-4-6(8)2-5(3-7(4)14)15(9,10,11,12)13/h2-3H,14H2,1H3. The van der Waals surface area contributed by atoms with Crippen LogP contribution in [0.25, 0.3) is 0 Å². The molecule has 1 nitrogen and oxygen atoms in total. The summed E-state index contributed by atoms with van der Waals surface area (Å²) in [5.41, 5.74) is 5.16. The lowest BCUT2D eigenvalue weighted by atomic mass is 10.2. The number of rotatable bonds is 1. The van der Waals surface area contributed by atoms with E-state index >= 15 is 0 Å². The maximum Gasteiger partial charge on any atom is 0.310 e. The molecule has 0 amide bonds. The van der Waals surface area contributed by atoms with Gasteiger partial charge in [0.05, 0.1) is 0 Å². The minimum absolute atomic E-state index is 0.0919. The zero-order chi connectivity index (χ0) is 12.1. The molecule has 0 spiro atoms. The number of nitrogens with two attached hydrogens (primary N) is 1. The SMILES string of the molecule is Cc1c(N)cc(S(F)(F)(F)(F)F)cc1Br. The van der Waals surface area contributed by atoms with Crippen molar-refractivity contribution in [3.05, 3.63) is 22.2 Å². The minimum atomic E-state index is -9.63. The van der Waals surface area contributed by atoms with Crippen LogP contribution in [0.4, 0.5) is 25.1 Å². The molecule has 1 rings (SSSR count). The molecular formula is C7H7BrF5NS. The van der Waals surface area contributed by atoms with Gasteiger partial charge in [0.2, 0.25) is 0 Å². The van der Waals surface area contributed by atoms with Gasteiger partial charge in [0.1, 0.15) is 4.90 Å². The average Bonchev–Trinajstić information content (AvgIpc) is 1.94. The smallest absolute Gasteiger partial charge is 0.310 e. The van der Waals surface area contributed by atoms with E-state index in [1.165, 1.54) is 6.92 Å². The summed E-state index contributed by atoms with van der Waals surface area (Å²) >= 11 is 2.74. The second-order valence-electron chi connectivity index (χ2n) is 3.09. The molecule has 8 heteroatoms. The maximum absolute atomic E-state index is 12.4. The predicted molar refractivity (Wildman–Crippen MR) is 54.7 cm³/mol. The van der Waals surface area contributed by atoms with E-state index in [0.29, 0.717) is 11.6 Å². The van der Waals surface area contributed by atoms with Gasteiger partial charge in [-0.15, -0.1) is 0 Å². The Morgan fingerprint density at radius 3 is 1.93 bits per heavy atom. The minimum Gasteiger partial charge on any atom is -0.398 e. The summed E-state index contributed by atoms with van der Waals surface area (Å²) in [6.45, 7) is 1.43. The van der Waals surface area contributed by atoms with E-state index in [9.17, 15) is 19.4 Å². The first-order valence-corrected chi connectivity index (χ1v) is 6.35.